The number of fused-ring (bicyclic) bond motifs is 1. The second kappa shape index (κ2) is 12.6. The maximum Gasteiger partial charge on any atom is 0.516 e. The van der Waals surface area contributed by atoms with Gasteiger partial charge < -0.3 is 24.7 Å². The Labute approximate surface area is 193 Å². The molecule has 0 aliphatic heterocycles. The number of nitrogens with two attached hydrogens (primary N) is 1. The summed E-state index contributed by atoms with van der Waals surface area (Å²) in [6, 6.07) is 9.78. The first-order valence-corrected chi connectivity index (χ1v) is 11.2. The van der Waals surface area contributed by atoms with E-state index in [9.17, 15) is 4.79 Å². The maximum atomic E-state index is 12.3. The zero-order chi connectivity index (χ0) is 23.5. The zero-order valence-electron chi connectivity index (χ0n) is 19.2. The molecular formula is C23H31N5O5. The number of ether oxygens (including phenoxy) is 4. The summed E-state index contributed by atoms with van der Waals surface area (Å²) in [6.45, 7) is 3.44. The number of methoxy groups -OCH3 is 1. The maximum absolute atomic E-state index is 12.3. The third-order valence-electron chi connectivity index (χ3n) is 4.91. The summed E-state index contributed by atoms with van der Waals surface area (Å²) in [7, 11) is 1.57. The Kier molecular flexibility index (Phi) is 9.25. The minimum atomic E-state index is -0.821. The number of carbonyl (C=O) groups excluding carboxylic acids is 1. The molecular weight excluding hydrogens is 426 g/mol. The van der Waals surface area contributed by atoms with E-state index in [2.05, 4.69) is 21.9 Å². The lowest BCUT2D eigenvalue weighted by Gasteiger charge is -2.10. The SMILES string of the molecule is CCCCCCCOC(=O)Oc1nc2c(N)nc(OCCOC)nc2n1Cc1ccccc1. The number of carbonyl (C=O) groups is 1. The van der Waals surface area contributed by atoms with Crippen molar-refractivity contribution in [1.29, 1.82) is 0 Å². The normalized spacial score (nSPS) is 11.0. The fourth-order valence-electron chi connectivity index (χ4n) is 3.21. The van der Waals surface area contributed by atoms with Gasteiger partial charge >= 0.3 is 18.2 Å². The Bertz CT molecular complexity index is 1030. The molecule has 2 N–H and O–H groups in total. The molecule has 0 bridgehead atoms. The molecule has 178 valence electrons. The second-order valence-electron chi connectivity index (χ2n) is 7.49. The lowest BCUT2D eigenvalue weighted by Crippen LogP contribution is -2.15. The fourth-order valence-corrected chi connectivity index (χ4v) is 3.21. The zero-order valence-corrected chi connectivity index (χ0v) is 19.2. The van der Waals surface area contributed by atoms with Crippen LogP contribution in [0.4, 0.5) is 10.6 Å². The van der Waals surface area contributed by atoms with Crippen LogP contribution in [-0.4, -0.2) is 52.6 Å². The number of rotatable bonds is 13. The van der Waals surface area contributed by atoms with Gasteiger partial charge in [0.25, 0.3) is 0 Å². The number of hydrogen-bond donors (Lipinski definition) is 1. The van der Waals surface area contributed by atoms with Crippen molar-refractivity contribution < 1.29 is 23.7 Å². The van der Waals surface area contributed by atoms with Crippen LogP contribution in [0, 0.1) is 0 Å². The Morgan fingerprint density at radius 3 is 2.55 bits per heavy atom. The van der Waals surface area contributed by atoms with Crippen LogP contribution < -0.4 is 15.2 Å². The van der Waals surface area contributed by atoms with Crippen LogP contribution in [0.25, 0.3) is 11.2 Å². The predicted octanol–water partition coefficient (Wildman–Crippen LogP) is 3.97. The van der Waals surface area contributed by atoms with E-state index >= 15 is 0 Å². The largest absolute Gasteiger partial charge is 0.516 e. The highest BCUT2D eigenvalue weighted by Gasteiger charge is 2.21. The Balaban J connectivity index is 1.80. The summed E-state index contributed by atoms with van der Waals surface area (Å²) in [6.07, 6.45) is 4.42. The van der Waals surface area contributed by atoms with Gasteiger partial charge in [-0.3, -0.25) is 4.57 Å². The molecule has 3 rings (SSSR count). The van der Waals surface area contributed by atoms with Crippen LogP contribution in [0.2, 0.25) is 0 Å². The average molecular weight is 458 g/mol. The molecule has 0 unspecified atom stereocenters. The molecule has 0 saturated carbocycles. The molecule has 10 nitrogen and oxygen atoms in total. The van der Waals surface area contributed by atoms with E-state index in [1.165, 1.54) is 6.42 Å². The Hall–Kier alpha value is -3.40. The molecule has 0 amide bonds. The molecule has 33 heavy (non-hydrogen) atoms. The molecule has 0 radical (unpaired) electrons. The number of hydrogen-bond acceptors (Lipinski definition) is 9. The summed E-state index contributed by atoms with van der Waals surface area (Å²) in [5.74, 6) is 0.119. The van der Waals surface area contributed by atoms with E-state index in [1.807, 2.05) is 30.3 Å². The lowest BCUT2D eigenvalue weighted by atomic mass is 10.2. The van der Waals surface area contributed by atoms with Crippen molar-refractivity contribution in [3.8, 4) is 12.0 Å². The summed E-state index contributed by atoms with van der Waals surface area (Å²) < 4.78 is 22.8. The highest BCUT2D eigenvalue weighted by molar-refractivity contribution is 5.83. The van der Waals surface area contributed by atoms with Gasteiger partial charge in [0.1, 0.15) is 6.61 Å². The molecule has 0 atom stereocenters. The molecule has 2 heterocycles. The van der Waals surface area contributed by atoms with Crippen molar-refractivity contribution in [3.05, 3.63) is 35.9 Å². The minimum absolute atomic E-state index is 0.0277. The van der Waals surface area contributed by atoms with Gasteiger partial charge in [-0.15, -0.1) is 0 Å². The Morgan fingerprint density at radius 1 is 1.00 bits per heavy atom. The van der Waals surface area contributed by atoms with Gasteiger partial charge in [-0.25, -0.2) is 4.79 Å². The van der Waals surface area contributed by atoms with Crippen molar-refractivity contribution >= 4 is 23.1 Å². The molecule has 1 aromatic carbocycles. The van der Waals surface area contributed by atoms with Crippen molar-refractivity contribution in [3.63, 3.8) is 0 Å². The van der Waals surface area contributed by atoms with E-state index in [0.29, 0.717) is 30.9 Å². The van der Waals surface area contributed by atoms with E-state index < -0.39 is 6.16 Å². The third kappa shape index (κ3) is 7.04. The monoisotopic (exact) mass is 457 g/mol. The Morgan fingerprint density at radius 2 is 1.79 bits per heavy atom. The van der Waals surface area contributed by atoms with Crippen LogP contribution in [0.15, 0.2) is 30.3 Å². The van der Waals surface area contributed by atoms with Gasteiger partial charge in [-0.2, -0.15) is 15.0 Å². The summed E-state index contributed by atoms with van der Waals surface area (Å²) in [5, 5.41) is 0. The topological polar surface area (TPSA) is 124 Å². The first kappa shape index (κ1) is 24.2. The number of imidazole rings is 1. The summed E-state index contributed by atoms with van der Waals surface area (Å²) >= 11 is 0. The first-order chi connectivity index (χ1) is 16.1. The number of unbranched alkanes of at least 4 members (excludes halogenated alkanes) is 4. The van der Waals surface area contributed by atoms with Crippen molar-refractivity contribution in [1.82, 2.24) is 19.5 Å². The molecule has 2 aromatic heterocycles. The molecule has 0 spiro atoms. The van der Waals surface area contributed by atoms with Crippen LogP contribution in [0.5, 0.6) is 12.0 Å². The predicted molar refractivity (Wildman–Crippen MR) is 123 cm³/mol. The molecule has 10 heteroatoms. The average Bonchev–Trinajstić information content (AvgIpc) is 3.14. The number of nitrogens with zero attached hydrogens (tertiary/aromatic N) is 4. The second-order valence-corrected chi connectivity index (χ2v) is 7.49. The quantitative estimate of drug-likeness (QED) is 0.300. The van der Waals surface area contributed by atoms with Crippen LogP contribution in [-0.2, 0) is 16.0 Å². The molecule has 3 aromatic rings. The smallest absolute Gasteiger partial charge is 0.461 e. The number of nitrogen functional groups attached to an aromatic ring is 1. The lowest BCUT2D eigenvalue weighted by molar-refractivity contribution is 0.0929. The van der Waals surface area contributed by atoms with E-state index in [4.69, 9.17) is 24.7 Å². The van der Waals surface area contributed by atoms with Crippen LogP contribution in [0.3, 0.4) is 0 Å². The number of aromatic nitrogens is 4. The standard InChI is InChI=1S/C23H31N5O5/c1-3-4-5-6-10-13-32-23(29)33-22-25-18-19(24)26-21(31-15-14-30-2)27-20(18)28(22)16-17-11-8-7-9-12-17/h7-9,11-12H,3-6,10,13-16H2,1-2H3,(H2,24,26,27). The van der Waals surface area contributed by atoms with Gasteiger partial charge in [-0.1, -0.05) is 62.9 Å². The molecule has 0 aliphatic rings. The van der Waals surface area contributed by atoms with Crippen LogP contribution in [0.1, 0.15) is 44.6 Å². The van der Waals surface area contributed by atoms with Gasteiger partial charge in [0.2, 0.25) is 0 Å². The van der Waals surface area contributed by atoms with E-state index in [-0.39, 0.29) is 24.4 Å². The number of benzene rings is 1. The van der Waals surface area contributed by atoms with Crippen molar-refractivity contribution in [2.24, 2.45) is 0 Å². The van der Waals surface area contributed by atoms with Crippen molar-refractivity contribution in [2.45, 2.75) is 45.6 Å². The summed E-state index contributed by atoms with van der Waals surface area (Å²) in [4.78, 5) is 25.2. The minimum Gasteiger partial charge on any atom is -0.461 e. The molecule has 0 fully saturated rings. The van der Waals surface area contributed by atoms with Crippen LogP contribution >= 0.6 is 0 Å². The molecule has 0 aliphatic carbocycles. The first-order valence-electron chi connectivity index (χ1n) is 11.2. The van der Waals surface area contributed by atoms with Gasteiger partial charge in [-0.05, 0) is 12.0 Å². The highest BCUT2D eigenvalue weighted by Crippen LogP contribution is 2.27. The third-order valence-corrected chi connectivity index (χ3v) is 4.91. The molecule has 0 saturated heterocycles. The van der Waals surface area contributed by atoms with Gasteiger partial charge in [0.15, 0.2) is 17.0 Å². The van der Waals surface area contributed by atoms with E-state index in [0.717, 1.165) is 31.2 Å². The van der Waals surface area contributed by atoms with E-state index in [1.54, 1.807) is 11.7 Å². The summed E-state index contributed by atoms with van der Waals surface area (Å²) in [5.41, 5.74) is 7.76. The fraction of sp³-hybridized carbons (Fsp3) is 0.478. The number of anilines is 1. The van der Waals surface area contributed by atoms with Gasteiger partial charge in [0.05, 0.1) is 19.8 Å². The van der Waals surface area contributed by atoms with Gasteiger partial charge in [0, 0.05) is 7.11 Å². The van der Waals surface area contributed by atoms with Crippen molar-refractivity contribution in [2.75, 3.05) is 32.7 Å². The highest BCUT2D eigenvalue weighted by atomic mass is 16.7.